The molecule has 0 aliphatic heterocycles. The van der Waals surface area contributed by atoms with Crippen LogP contribution in [-0.2, 0) is 12.5 Å². The van der Waals surface area contributed by atoms with Gasteiger partial charge < -0.3 is 4.74 Å². The number of hydrogen-bond donors (Lipinski definition) is 0. The van der Waals surface area contributed by atoms with E-state index < -0.39 is 0 Å². The smallest absolute Gasteiger partial charge is 0.316 e. The second-order valence-corrected chi connectivity index (χ2v) is 4.52. The third-order valence-corrected chi connectivity index (χ3v) is 2.98. The predicted molar refractivity (Wildman–Crippen MR) is 72.1 cm³/mol. The fourth-order valence-corrected chi connectivity index (χ4v) is 1.92. The molecule has 1 aromatic carbocycles. The molecule has 94 valence electrons. The van der Waals surface area contributed by atoms with Crippen molar-refractivity contribution in [2.24, 2.45) is 0 Å². The molecular weight excluding hydrogens is 271 g/mol. The maximum absolute atomic E-state index is 5.89. The van der Waals surface area contributed by atoms with Gasteiger partial charge in [-0.3, -0.25) is 0 Å². The molecule has 0 saturated carbocycles. The molecule has 0 radical (unpaired) electrons. The molecular formula is C13H12Cl2N2O. The van der Waals surface area contributed by atoms with Crippen LogP contribution in [0.3, 0.4) is 0 Å². The largest absolute Gasteiger partial charge is 0.459 e. The van der Waals surface area contributed by atoms with Gasteiger partial charge in [0, 0.05) is 22.5 Å². The minimum Gasteiger partial charge on any atom is -0.459 e. The summed E-state index contributed by atoms with van der Waals surface area (Å²) in [5.74, 6) is 0.403. The van der Waals surface area contributed by atoms with Gasteiger partial charge >= 0.3 is 6.01 Å². The molecule has 0 amide bonds. The topological polar surface area (TPSA) is 35.0 Å². The van der Waals surface area contributed by atoms with Crippen molar-refractivity contribution in [1.82, 2.24) is 9.97 Å². The van der Waals surface area contributed by atoms with Crippen molar-refractivity contribution in [3.8, 4) is 6.01 Å². The van der Waals surface area contributed by atoms with Gasteiger partial charge in [0.25, 0.3) is 0 Å². The highest BCUT2D eigenvalue weighted by Crippen LogP contribution is 2.14. The second kappa shape index (κ2) is 6.03. The third kappa shape index (κ3) is 3.34. The lowest BCUT2D eigenvalue weighted by Crippen LogP contribution is -2.02. The Morgan fingerprint density at radius 1 is 1.33 bits per heavy atom. The van der Waals surface area contributed by atoms with E-state index in [0.717, 1.165) is 16.8 Å². The Morgan fingerprint density at radius 2 is 2.17 bits per heavy atom. The number of nitrogens with zero attached hydrogens (tertiary/aromatic N) is 2. The summed E-state index contributed by atoms with van der Waals surface area (Å²) in [6, 6.07) is 7.83. The molecule has 18 heavy (non-hydrogen) atoms. The SMILES string of the molecule is Cc1nc(OCc2cccc(Cl)c2)ncc1CCl. The van der Waals surface area contributed by atoms with Gasteiger partial charge in [-0.15, -0.1) is 11.6 Å². The Bertz CT molecular complexity index is 546. The molecule has 0 saturated heterocycles. The Balaban J connectivity index is 2.04. The van der Waals surface area contributed by atoms with Crippen LogP contribution in [0.4, 0.5) is 0 Å². The molecule has 1 aromatic heterocycles. The number of rotatable bonds is 4. The van der Waals surface area contributed by atoms with Gasteiger partial charge in [0.05, 0.1) is 5.88 Å². The van der Waals surface area contributed by atoms with E-state index in [0.29, 0.717) is 23.5 Å². The number of ether oxygens (including phenoxy) is 1. The summed E-state index contributed by atoms with van der Waals surface area (Å²) < 4.78 is 5.50. The zero-order valence-electron chi connectivity index (χ0n) is 9.86. The van der Waals surface area contributed by atoms with Crippen LogP contribution in [-0.4, -0.2) is 9.97 Å². The van der Waals surface area contributed by atoms with Crippen LogP contribution in [0.15, 0.2) is 30.5 Å². The van der Waals surface area contributed by atoms with Crippen molar-refractivity contribution < 1.29 is 4.74 Å². The summed E-state index contributed by atoms with van der Waals surface area (Å²) in [6.07, 6.45) is 1.68. The Labute approximate surface area is 116 Å². The van der Waals surface area contributed by atoms with Gasteiger partial charge in [-0.05, 0) is 24.6 Å². The molecule has 0 atom stereocenters. The summed E-state index contributed by atoms with van der Waals surface area (Å²) in [5.41, 5.74) is 2.72. The third-order valence-electron chi connectivity index (χ3n) is 2.46. The fraction of sp³-hybridized carbons (Fsp3) is 0.231. The average Bonchev–Trinajstić information content (AvgIpc) is 2.37. The lowest BCUT2D eigenvalue weighted by molar-refractivity contribution is 0.280. The molecule has 2 rings (SSSR count). The number of alkyl halides is 1. The molecule has 0 spiro atoms. The van der Waals surface area contributed by atoms with Crippen LogP contribution in [0.1, 0.15) is 16.8 Å². The standard InChI is InChI=1S/C13H12Cl2N2O/c1-9-11(6-14)7-16-13(17-9)18-8-10-3-2-4-12(15)5-10/h2-5,7H,6,8H2,1H3. The van der Waals surface area contributed by atoms with Crippen molar-refractivity contribution in [3.63, 3.8) is 0 Å². The van der Waals surface area contributed by atoms with E-state index in [9.17, 15) is 0 Å². The average molecular weight is 283 g/mol. The van der Waals surface area contributed by atoms with Crippen molar-refractivity contribution in [3.05, 3.63) is 52.3 Å². The highest BCUT2D eigenvalue weighted by Gasteiger charge is 2.04. The molecule has 0 aliphatic rings. The van der Waals surface area contributed by atoms with E-state index in [-0.39, 0.29) is 0 Å². The Hall–Kier alpha value is -1.32. The van der Waals surface area contributed by atoms with Gasteiger partial charge in [0.1, 0.15) is 6.61 Å². The Morgan fingerprint density at radius 3 is 2.83 bits per heavy atom. The first-order valence-electron chi connectivity index (χ1n) is 5.45. The van der Waals surface area contributed by atoms with E-state index in [4.69, 9.17) is 27.9 Å². The molecule has 3 nitrogen and oxygen atoms in total. The van der Waals surface area contributed by atoms with E-state index >= 15 is 0 Å². The monoisotopic (exact) mass is 282 g/mol. The summed E-state index contributed by atoms with van der Waals surface area (Å²) in [6.45, 7) is 2.27. The van der Waals surface area contributed by atoms with Crippen LogP contribution < -0.4 is 4.74 Å². The van der Waals surface area contributed by atoms with Gasteiger partial charge in [0.15, 0.2) is 0 Å². The Kier molecular flexibility index (Phi) is 4.39. The van der Waals surface area contributed by atoms with Crippen LogP contribution in [0.2, 0.25) is 5.02 Å². The van der Waals surface area contributed by atoms with E-state index in [1.54, 1.807) is 6.20 Å². The first kappa shape index (κ1) is 13.1. The van der Waals surface area contributed by atoms with Crippen LogP contribution in [0.25, 0.3) is 0 Å². The van der Waals surface area contributed by atoms with E-state index in [1.165, 1.54) is 0 Å². The number of benzene rings is 1. The maximum atomic E-state index is 5.89. The maximum Gasteiger partial charge on any atom is 0.316 e. The second-order valence-electron chi connectivity index (χ2n) is 3.82. The molecule has 0 bridgehead atoms. The quantitative estimate of drug-likeness (QED) is 0.801. The molecule has 2 aromatic rings. The lowest BCUT2D eigenvalue weighted by atomic mass is 10.2. The van der Waals surface area contributed by atoms with Gasteiger partial charge in [0.2, 0.25) is 0 Å². The van der Waals surface area contributed by atoms with Crippen LogP contribution in [0.5, 0.6) is 6.01 Å². The molecule has 0 fully saturated rings. The molecule has 0 aliphatic carbocycles. The minimum atomic E-state index is 0.348. The van der Waals surface area contributed by atoms with Gasteiger partial charge in [-0.2, -0.15) is 0 Å². The van der Waals surface area contributed by atoms with Gasteiger partial charge in [-0.1, -0.05) is 23.7 Å². The number of aryl methyl sites for hydroxylation is 1. The molecule has 0 N–H and O–H groups in total. The molecule has 5 heteroatoms. The highest BCUT2D eigenvalue weighted by atomic mass is 35.5. The zero-order valence-corrected chi connectivity index (χ0v) is 11.4. The number of aromatic nitrogens is 2. The summed E-state index contributed by atoms with van der Waals surface area (Å²) in [5, 5.41) is 0.686. The van der Waals surface area contributed by atoms with Crippen molar-refractivity contribution in [2.75, 3.05) is 0 Å². The van der Waals surface area contributed by atoms with E-state index in [2.05, 4.69) is 9.97 Å². The minimum absolute atomic E-state index is 0.348. The van der Waals surface area contributed by atoms with Crippen LogP contribution in [0, 0.1) is 6.92 Å². The van der Waals surface area contributed by atoms with Crippen molar-refractivity contribution >= 4 is 23.2 Å². The van der Waals surface area contributed by atoms with Gasteiger partial charge in [-0.25, -0.2) is 9.97 Å². The molecule has 1 heterocycles. The zero-order chi connectivity index (χ0) is 13.0. The van der Waals surface area contributed by atoms with Crippen molar-refractivity contribution in [1.29, 1.82) is 0 Å². The fourth-order valence-electron chi connectivity index (χ4n) is 1.45. The first-order chi connectivity index (χ1) is 8.69. The summed E-state index contributed by atoms with van der Waals surface area (Å²) in [7, 11) is 0. The summed E-state index contributed by atoms with van der Waals surface area (Å²) in [4.78, 5) is 8.33. The van der Waals surface area contributed by atoms with Crippen molar-refractivity contribution in [2.45, 2.75) is 19.4 Å². The highest BCUT2D eigenvalue weighted by molar-refractivity contribution is 6.30. The summed E-state index contributed by atoms with van der Waals surface area (Å²) >= 11 is 11.6. The van der Waals surface area contributed by atoms with E-state index in [1.807, 2.05) is 31.2 Å². The predicted octanol–water partition coefficient (Wildman–Crippen LogP) is 3.76. The molecule has 0 unspecified atom stereocenters. The number of hydrogen-bond acceptors (Lipinski definition) is 3. The normalized spacial score (nSPS) is 10.4. The first-order valence-corrected chi connectivity index (χ1v) is 6.36. The number of halogens is 2. The lowest BCUT2D eigenvalue weighted by Gasteiger charge is -2.06. The van der Waals surface area contributed by atoms with Crippen LogP contribution >= 0.6 is 23.2 Å².